The smallest absolute Gasteiger partial charge is 0.405 e. The third-order valence-electron chi connectivity index (χ3n) is 3.56. The minimum Gasteiger partial charge on any atom is -0.405 e. The summed E-state index contributed by atoms with van der Waals surface area (Å²) in [6.07, 6.45) is -4.55. The fraction of sp³-hybridized carbons (Fsp3) is 0.429. The molecule has 0 spiro atoms. The molecule has 1 aromatic rings. The van der Waals surface area contributed by atoms with Gasteiger partial charge in [-0.05, 0) is 25.0 Å². The second-order valence-corrected chi connectivity index (χ2v) is 5.27. The zero-order chi connectivity index (χ0) is 17.3. The van der Waals surface area contributed by atoms with Crippen molar-refractivity contribution >= 4 is 11.8 Å². The van der Waals surface area contributed by atoms with E-state index in [0.29, 0.717) is 6.42 Å². The van der Waals surface area contributed by atoms with Gasteiger partial charge in [-0.15, -0.1) is 13.2 Å². The van der Waals surface area contributed by atoms with Crippen molar-refractivity contribution in [3.05, 3.63) is 29.8 Å². The standard InChI is InChI=1S/C14H15F3N2O4/c15-14(16,17)23-10-5-2-1-4-9(10)11(20)19-7-3-6-13(22,8-19)12(18)21/h1-2,4-5,22H,3,6-8H2,(H2,18,21)/t13-/m1/s1. The summed E-state index contributed by atoms with van der Waals surface area (Å²) in [6.45, 7) is -0.184. The van der Waals surface area contributed by atoms with Crippen LogP contribution >= 0.6 is 0 Å². The molecular formula is C14H15F3N2O4. The average molecular weight is 332 g/mol. The van der Waals surface area contributed by atoms with E-state index in [2.05, 4.69) is 4.74 Å². The molecule has 0 unspecified atom stereocenters. The van der Waals surface area contributed by atoms with Crippen molar-refractivity contribution in [3.63, 3.8) is 0 Å². The number of carbonyl (C=O) groups is 2. The maximum atomic E-state index is 12.4. The first-order valence-corrected chi connectivity index (χ1v) is 6.79. The molecule has 0 saturated carbocycles. The van der Waals surface area contributed by atoms with Crippen molar-refractivity contribution in [1.82, 2.24) is 4.90 Å². The minimum absolute atomic E-state index is 0.0901. The van der Waals surface area contributed by atoms with Crippen molar-refractivity contribution in [2.24, 2.45) is 5.73 Å². The molecule has 2 amide bonds. The summed E-state index contributed by atoms with van der Waals surface area (Å²) in [7, 11) is 0. The summed E-state index contributed by atoms with van der Waals surface area (Å²) < 4.78 is 41.1. The lowest BCUT2D eigenvalue weighted by atomic mass is 9.91. The number of β-amino-alcohol motifs (C(OH)–C–C–N with tert-alkyl or cyclic N) is 1. The van der Waals surface area contributed by atoms with E-state index in [-0.39, 0.29) is 25.1 Å². The number of likely N-dealkylation sites (tertiary alicyclic amines) is 1. The van der Waals surface area contributed by atoms with Crippen LogP contribution in [0.5, 0.6) is 5.75 Å². The number of aliphatic hydroxyl groups is 1. The molecule has 1 atom stereocenters. The number of hydrogen-bond acceptors (Lipinski definition) is 4. The van der Waals surface area contributed by atoms with Gasteiger partial charge in [0, 0.05) is 6.54 Å². The molecule has 0 radical (unpaired) electrons. The Morgan fingerprint density at radius 3 is 2.57 bits per heavy atom. The number of rotatable bonds is 3. The quantitative estimate of drug-likeness (QED) is 0.865. The van der Waals surface area contributed by atoms with Gasteiger partial charge in [-0.25, -0.2) is 0 Å². The lowest BCUT2D eigenvalue weighted by Crippen LogP contribution is -2.57. The predicted octanol–water partition coefficient (Wildman–Crippen LogP) is 1.04. The third kappa shape index (κ3) is 3.92. The monoisotopic (exact) mass is 332 g/mol. The molecular weight excluding hydrogens is 317 g/mol. The molecule has 1 aliphatic heterocycles. The van der Waals surface area contributed by atoms with Crippen LogP contribution in [0.3, 0.4) is 0 Å². The topological polar surface area (TPSA) is 92.9 Å². The predicted molar refractivity (Wildman–Crippen MR) is 72.4 cm³/mol. The van der Waals surface area contributed by atoms with Gasteiger partial charge in [-0.3, -0.25) is 9.59 Å². The SMILES string of the molecule is NC(=O)[C@@]1(O)CCCN(C(=O)c2ccccc2OC(F)(F)F)C1. The Hall–Kier alpha value is -2.29. The zero-order valence-electron chi connectivity index (χ0n) is 12.0. The van der Waals surface area contributed by atoms with Gasteiger partial charge in [0.25, 0.3) is 11.8 Å². The van der Waals surface area contributed by atoms with E-state index in [9.17, 15) is 27.9 Å². The van der Waals surface area contributed by atoms with Crippen LogP contribution in [0.2, 0.25) is 0 Å². The number of alkyl halides is 3. The van der Waals surface area contributed by atoms with Gasteiger partial charge in [-0.2, -0.15) is 0 Å². The summed E-state index contributed by atoms with van der Waals surface area (Å²) >= 11 is 0. The molecule has 1 heterocycles. The Morgan fingerprint density at radius 2 is 1.96 bits per heavy atom. The van der Waals surface area contributed by atoms with Crippen LogP contribution < -0.4 is 10.5 Å². The van der Waals surface area contributed by atoms with E-state index in [1.54, 1.807) is 0 Å². The Morgan fingerprint density at radius 1 is 1.30 bits per heavy atom. The fourth-order valence-electron chi connectivity index (χ4n) is 2.44. The maximum absolute atomic E-state index is 12.4. The summed E-state index contributed by atoms with van der Waals surface area (Å²) in [5.41, 5.74) is 2.93. The number of para-hydroxylation sites is 1. The molecule has 9 heteroatoms. The molecule has 23 heavy (non-hydrogen) atoms. The van der Waals surface area contributed by atoms with E-state index in [4.69, 9.17) is 5.73 Å². The number of piperidine rings is 1. The largest absolute Gasteiger partial charge is 0.573 e. The van der Waals surface area contributed by atoms with Crippen LogP contribution in [0.4, 0.5) is 13.2 Å². The first-order chi connectivity index (χ1) is 10.6. The highest BCUT2D eigenvalue weighted by Crippen LogP contribution is 2.29. The van der Waals surface area contributed by atoms with Gasteiger partial charge in [0.2, 0.25) is 0 Å². The van der Waals surface area contributed by atoms with Gasteiger partial charge in [0.05, 0.1) is 12.1 Å². The first kappa shape index (κ1) is 17.1. The minimum atomic E-state index is -4.94. The van der Waals surface area contributed by atoms with Crippen LogP contribution in [-0.2, 0) is 4.79 Å². The second kappa shape index (κ2) is 6.07. The Balaban J connectivity index is 2.25. The summed E-state index contributed by atoms with van der Waals surface area (Å²) in [5.74, 6) is -2.39. The Labute approximate surface area is 129 Å². The maximum Gasteiger partial charge on any atom is 0.573 e. The number of primary amides is 1. The van der Waals surface area contributed by atoms with Crippen molar-refractivity contribution < 1.29 is 32.6 Å². The van der Waals surface area contributed by atoms with Crippen molar-refractivity contribution in [2.45, 2.75) is 24.8 Å². The van der Waals surface area contributed by atoms with E-state index in [1.807, 2.05) is 0 Å². The molecule has 1 aliphatic rings. The molecule has 0 bridgehead atoms. The van der Waals surface area contributed by atoms with Crippen LogP contribution in [-0.4, -0.2) is 46.9 Å². The molecule has 0 aliphatic carbocycles. The number of carbonyl (C=O) groups excluding carboxylic acids is 2. The van der Waals surface area contributed by atoms with Crippen LogP contribution in [0.25, 0.3) is 0 Å². The molecule has 2 rings (SSSR count). The van der Waals surface area contributed by atoms with Crippen molar-refractivity contribution in [1.29, 1.82) is 0 Å². The summed E-state index contributed by atoms with van der Waals surface area (Å²) in [6, 6.07) is 4.89. The van der Waals surface area contributed by atoms with E-state index >= 15 is 0 Å². The summed E-state index contributed by atoms with van der Waals surface area (Å²) in [4.78, 5) is 24.8. The number of nitrogens with two attached hydrogens (primary N) is 1. The van der Waals surface area contributed by atoms with E-state index in [1.165, 1.54) is 18.2 Å². The van der Waals surface area contributed by atoms with Crippen molar-refractivity contribution in [3.8, 4) is 5.75 Å². The van der Waals surface area contributed by atoms with Crippen LogP contribution in [0.15, 0.2) is 24.3 Å². The first-order valence-electron chi connectivity index (χ1n) is 6.79. The second-order valence-electron chi connectivity index (χ2n) is 5.27. The van der Waals surface area contributed by atoms with E-state index in [0.717, 1.165) is 11.0 Å². The molecule has 1 fully saturated rings. The number of hydrogen-bond donors (Lipinski definition) is 2. The normalized spacial score (nSPS) is 21.8. The van der Waals surface area contributed by atoms with Crippen molar-refractivity contribution in [2.75, 3.05) is 13.1 Å². The summed E-state index contributed by atoms with van der Waals surface area (Å²) in [5, 5.41) is 10.1. The third-order valence-corrected chi connectivity index (χ3v) is 3.56. The highest BCUT2D eigenvalue weighted by molar-refractivity contribution is 5.97. The lowest BCUT2D eigenvalue weighted by Gasteiger charge is -2.37. The van der Waals surface area contributed by atoms with E-state index < -0.39 is 29.5 Å². The molecule has 126 valence electrons. The average Bonchev–Trinajstić information content (AvgIpc) is 2.45. The van der Waals surface area contributed by atoms with Crippen LogP contribution in [0, 0.1) is 0 Å². The highest BCUT2D eigenvalue weighted by atomic mass is 19.4. The van der Waals surface area contributed by atoms with Gasteiger partial charge in [-0.1, -0.05) is 12.1 Å². The Bertz CT molecular complexity index is 620. The molecule has 3 N–H and O–H groups in total. The number of benzene rings is 1. The number of nitrogens with zero attached hydrogens (tertiary/aromatic N) is 1. The number of amides is 2. The van der Waals surface area contributed by atoms with Gasteiger partial charge in [0.15, 0.2) is 5.60 Å². The van der Waals surface area contributed by atoms with Gasteiger partial charge >= 0.3 is 6.36 Å². The molecule has 1 aromatic carbocycles. The van der Waals surface area contributed by atoms with Gasteiger partial charge < -0.3 is 20.5 Å². The molecule has 0 aromatic heterocycles. The number of halogens is 3. The zero-order valence-corrected chi connectivity index (χ0v) is 12.0. The molecule has 1 saturated heterocycles. The lowest BCUT2D eigenvalue weighted by molar-refractivity contribution is -0.274. The highest BCUT2D eigenvalue weighted by Gasteiger charge is 2.41. The Kier molecular flexibility index (Phi) is 4.51. The van der Waals surface area contributed by atoms with Gasteiger partial charge in [0.1, 0.15) is 5.75 Å². The van der Waals surface area contributed by atoms with Crippen LogP contribution in [0.1, 0.15) is 23.2 Å². The molecule has 6 nitrogen and oxygen atoms in total. The fourth-order valence-corrected chi connectivity index (χ4v) is 2.44. The number of ether oxygens (including phenoxy) is 1.